The molecule has 2 amide bonds. The molecule has 1 aromatic heterocycles. The third kappa shape index (κ3) is 5.37. The Morgan fingerprint density at radius 1 is 1.07 bits per heavy atom. The van der Waals surface area contributed by atoms with Gasteiger partial charge in [-0.1, -0.05) is 65.8 Å². The number of aromatic amines is 1. The first kappa shape index (κ1) is 20.0. The lowest BCUT2D eigenvalue weighted by atomic mass is 10.1. The summed E-state index contributed by atoms with van der Waals surface area (Å²) in [4.78, 5) is 31.8. The van der Waals surface area contributed by atoms with E-state index in [0.29, 0.717) is 15.7 Å². The van der Waals surface area contributed by atoms with Crippen LogP contribution in [-0.2, 0) is 11.2 Å². The number of hydrazine groups is 1. The van der Waals surface area contributed by atoms with E-state index >= 15 is 0 Å². The second-order valence-corrected chi connectivity index (χ2v) is 7.42. The van der Waals surface area contributed by atoms with Crippen LogP contribution >= 0.6 is 23.4 Å². The predicted octanol–water partition coefficient (Wildman–Crippen LogP) is 3.52. The Balaban J connectivity index is 1.49. The van der Waals surface area contributed by atoms with Crippen LogP contribution in [0.1, 0.15) is 27.3 Å². The zero-order valence-electron chi connectivity index (χ0n) is 15.2. The number of nitrogens with zero attached hydrogens (tertiary/aromatic N) is 1. The number of amides is 2. The molecule has 0 saturated carbocycles. The van der Waals surface area contributed by atoms with Crippen LogP contribution < -0.4 is 10.9 Å². The first-order valence-corrected chi connectivity index (χ1v) is 9.95. The number of aromatic nitrogens is 2. The molecular weight excluding hydrogens is 396 g/mol. The van der Waals surface area contributed by atoms with Crippen molar-refractivity contribution < 1.29 is 9.59 Å². The van der Waals surface area contributed by atoms with Gasteiger partial charge in [-0.25, -0.2) is 4.98 Å². The summed E-state index contributed by atoms with van der Waals surface area (Å²) in [6.07, 6.45) is 0.726. The third-order valence-corrected chi connectivity index (χ3v) is 5.16. The summed E-state index contributed by atoms with van der Waals surface area (Å²) in [5.74, 6) is -0.701. The van der Waals surface area contributed by atoms with Gasteiger partial charge >= 0.3 is 0 Å². The largest absolute Gasteiger partial charge is 0.337 e. The minimum atomic E-state index is -0.469. The number of carbonyl (C=O) groups is 2. The van der Waals surface area contributed by atoms with Gasteiger partial charge in [0.1, 0.15) is 0 Å². The summed E-state index contributed by atoms with van der Waals surface area (Å²) in [6, 6.07) is 16.7. The molecule has 6 nitrogen and oxygen atoms in total. The van der Waals surface area contributed by atoms with Crippen molar-refractivity contribution in [2.75, 3.05) is 5.75 Å². The van der Waals surface area contributed by atoms with Gasteiger partial charge in [-0.2, -0.15) is 0 Å². The van der Waals surface area contributed by atoms with Crippen molar-refractivity contribution in [3.63, 3.8) is 0 Å². The van der Waals surface area contributed by atoms with Crippen LogP contribution in [-0.4, -0.2) is 27.5 Å². The minimum absolute atomic E-state index is 0.112. The maximum absolute atomic E-state index is 12.0. The van der Waals surface area contributed by atoms with Gasteiger partial charge in [0.25, 0.3) is 5.91 Å². The van der Waals surface area contributed by atoms with Gasteiger partial charge in [-0.05, 0) is 24.6 Å². The van der Waals surface area contributed by atoms with E-state index in [4.69, 9.17) is 11.6 Å². The smallest absolute Gasteiger partial charge is 0.271 e. The Morgan fingerprint density at radius 3 is 2.54 bits per heavy atom. The first-order valence-electron chi connectivity index (χ1n) is 8.59. The molecule has 0 atom stereocenters. The van der Waals surface area contributed by atoms with E-state index in [9.17, 15) is 9.59 Å². The average Bonchev–Trinajstić information content (AvgIpc) is 3.05. The molecule has 0 saturated heterocycles. The summed E-state index contributed by atoms with van der Waals surface area (Å²) in [6.45, 7) is 1.96. The number of nitrogens with one attached hydrogen (secondary N) is 3. The monoisotopic (exact) mass is 414 g/mol. The number of aryl methyl sites for hydroxylation is 1. The molecule has 3 rings (SSSR count). The molecule has 0 bridgehead atoms. The fraction of sp³-hybridized carbons (Fsp3) is 0.150. The lowest BCUT2D eigenvalue weighted by molar-refractivity contribution is -0.119. The fourth-order valence-electron chi connectivity index (χ4n) is 2.51. The van der Waals surface area contributed by atoms with Crippen molar-refractivity contribution in [3.05, 3.63) is 82.1 Å². The van der Waals surface area contributed by atoms with Gasteiger partial charge in [0.2, 0.25) is 5.91 Å². The highest BCUT2D eigenvalue weighted by molar-refractivity contribution is 7.99. The highest BCUT2D eigenvalue weighted by Crippen LogP contribution is 2.19. The molecule has 0 aliphatic rings. The van der Waals surface area contributed by atoms with Gasteiger partial charge in [0, 0.05) is 12.1 Å². The molecule has 0 aliphatic heterocycles. The van der Waals surface area contributed by atoms with Crippen LogP contribution in [0.4, 0.5) is 0 Å². The number of H-pyrrole nitrogens is 1. The maximum Gasteiger partial charge on any atom is 0.271 e. The number of benzene rings is 2. The lowest BCUT2D eigenvalue weighted by Gasteiger charge is -2.07. The Labute approximate surface area is 172 Å². The van der Waals surface area contributed by atoms with E-state index in [-0.39, 0.29) is 11.7 Å². The summed E-state index contributed by atoms with van der Waals surface area (Å²) in [5.41, 5.74) is 8.13. The Bertz CT molecular complexity index is 975. The second kappa shape index (κ2) is 9.43. The van der Waals surface area contributed by atoms with Gasteiger partial charge in [0.05, 0.1) is 22.0 Å². The maximum atomic E-state index is 12.0. The number of thioether (sulfide) groups is 1. The van der Waals surface area contributed by atoms with Gasteiger partial charge in [-0.3, -0.25) is 20.4 Å². The van der Waals surface area contributed by atoms with Crippen molar-refractivity contribution >= 4 is 35.2 Å². The molecule has 0 unspecified atom stereocenters. The lowest BCUT2D eigenvalue weighted by Crippen LogP contribution is -2.42. The second-order valence-electron chi connectivity index (χ2n) is 6.05. The normalized spacial score (nSPS) is 10.5. The SMILES string of the molecule is Cc1[nH]c(SCC(=O)NNC(=O)c2ccccc2Cl)nc1Cc1ccccc1. The van der Waals surface area contributed by atoms with Crippen LogP contribution in [0.5, 0.6) is 0 Å². The molecule has 0 aliphatic carbocycles. The topological polar surface area (TPSA) is 86.9 Å². The molecule has 1 heterocycles. The van der Waals surface area contributed by atoms with Crippen LogP contribution in [0.2, 0.25) is 5.02 Å². The quantitative estimate of drug-likeness (QED) is 0.425. The highest BCUT2D eigenvalue weighted by atomic mass is 35.5. The summed E-state index contributed by atoms with van der Waals surface area (Å²) >= 11 is 7.23. The van der Waals surface area contributed by atoms with Crippen molar-refractivity contribution in [2.24, 2.45) is 0 Å². The number of hydrogen-bond acceptors (Lipinski definition) is 4. The van der Waals surface area contributed by atoms with Crippen LogP contribution in [0.15, 0.2) is 59.8 Å². The molecule has 0 spiro atoms. The number of imidazole rings is 1. The molecule has 0 radical (unpaired) electrons. The molecule has 8 heteroatoms. The van der Waals surface area contributed by atoms with Gasteiger partial charge in [-0.15, -0.1) is 0 Å². The van der Waals surface area contributed by atoms with E-state index in [1.807, 2.05) is 25.1 Å². The third-order valence-electron chi connectivity index (χ3n) is 3.95. The first-order chi connectivity index (χ1) is 13.5. The van der Waals surface area contributed by atoms with Gasteiger partial charge < -0.3 is 4.98 Å². The molecular formula is C20H19ClN4O2S. The zero-order valence-corrected chi connectivity index (χ0v) is 16.7. The molecule has 0 fully saturated rings. The molecule has 28 heavy (non-hydrogen) atoms. The van der Waals surface area contributed by atoms with Crippen molar-refractivity contribution in [3.8, 4) is 0 Å². The number of rotatable bonds is 6. The van der Waals surface area contributed by atoms with E-state index in [1.54, 1.807) is 24.3 Å². The van der Waals surface area contributed by atoms with Crippen LogP contribution in [0.3, 0.4) is 0 Å². The van der Waals surface area contributed by atoms with E-state index in [0.717, 1.165) is 17.8 Å². The van der Waals surface area contributed by atoms with E-state index in [2.05, 4.69) is 33.0 Å². The van der Waals surface area contributed by atoms with Crippen molar-refractivity contribution in [2.45, 2.75) is 18.5 Å². The number of hydrogen-bond donors (Lipinski definition) is 3. The van der Waals surface area contributed by atoms with Crippen molar-refractivity contribution in [1.29, 1.82) is 0 Å². The summed E-state index contributed by atoms with van der Waals surface area (Å²) in [7, 11) is 0. The van der Waals surface area contributed by atoms with E-state index < -0.39 is 5.91 Å². The standard InChI is InChI=1S/C20H19ClN4O2S/c1-13-17(11-14-7-3-2-4-8-14)23-20(22-13)28-12-18(26)24-25-19(27)15-9-5-6-10-16(15)21/h2-10H,11-12H2,1H3,(H,22,23)(H,24,26)(H,25,27). The number of halogens is 1. The van der Waals surface area contributed by atoms with E-state index in [1.165, 1.54) is 17.3 Å². The average molecular weight is 415 g/mol. The molecule has 144 valence electrons. The molecule has 3 N–H and O–H groups in total. The highest BCUT2D eigenvalue weighted by Gasteiger charge is 2.12. The summed E-state index contributed by atoms with van der Waals surface area (Å²) in [5, 5.41) is 0.983. The molecule has 2 aromatic carbocycles. The minimum Gasteiger partial charge on any atom is -0.337 e. The fourth-order valence-corrected chi connectivity index (χ4v) is 3.47. The zero-order chi connectivity index (χ0) is 19.9. The van der Waals surface area contributed by atoms with Crippen molar-refractivity contribution in [1.82, 2.24) is 20.8 Å². The molecule has 3 aromatic rings. The Hall–Kier alpha value is -2.77. The number of carbonyl (C=O) groups excluding carboxylic acids is 2. The Kier molecular flexibility index (Phi) is 6.73. The Morgan fingerprint density at radius 2 is 1.79 bits per heavy atom. The van der Waals surface area contributed by atoms with Crippen LogP contribution in [0.25, 0.3) is 0 Å². The van der Waals surface area contributed by atoms with Gasteiger partial charge in [0.15, 0.2) is 5.16 Å². The summed E-state index contributed by atoms with van der Waals surface area (Å²) < 4.78 is 0. The predicted molar refractivity (Wildman–Crippen MR) is 110 cm³/mol. The van der Waals surface area contributed by atoms with Crippen LogP contribution in [0, 0.1) is 6.92 Å².